The Morgan fingerprint density at radius 3 is 2.91 bits per heavy atom. The minimum Gasteiger partial charge on any atom is -0.335 e. The molecule has 0 aromatic carbocycles. The van der Waals surface area contributed by atoms with Crippen LogP contribution in [-0.4, -0.2) is 19.1 Å². The lowest BCUT2D eigenvalue weighted by Gasteiger charge is -2.08. The number of thiophene rings is 1. The number of aromatic nitrogens is 4. The fourth-order valence-corrected chi connectivity index (χ4v) is 3.82. The van der Waals surface area contributed by atoms with Crippen molar-refractivity contribution in [1.29, 1.82) is 0 Å². The Labute approximate surface area is 137 Å². The van der Waals surface area contributed by atoms with Crippen molar-refractivity contribution in [2.45, 2.75) is 39.8 Å². The first kappa shape index (κ1) is 15.2. The van der Waals surface area contributed by atoms with Gasteiger partial charge in [-0.2, -0.15) is 0 Å². The van der Waals surface area contributed by atoms with Gasteiger partial charge in [0.05, 0.1) is 11.7 Å². The van der Waals surface area contributed by atoms with Crippen molar-refractivity contribution in [3.63, 3.8) is 0 Å². The number of aromatic amines is 1. The predicted octanol–water partition coefficient (Wildman–Crippen LogP) is 3.28. The fraction of sp³-hybridized carbons (Fsp3) is 0.400. The Kier molecular flexibility index (Phi) is 4.26. The van der Waals surface area contributed by atoms with Crippen LogP contribution in [0.1, 0.15) is 23.9 Å². The molecule has 1 N–H and O–H groups in total. The van der Waals surface area contributed by atoms with Crippen molar-refractivity contribution in [2.24, 2.45) is 0 Å². The SMILES string of the molecule is CCc1cc2c(=O)n(CCCn3cncc3C)c(=S)[nH]c2s1. The molecule has 0 aliphatic rings. The molecule has 0 amide bonds. The molecule has 0 bridgehead atoms. The summed E-state index contributed by atoms with van der Waals surface area (Å²) in [6.07, 6.45) is 5.42. The van der Waals surface area contributed by atoms with Crippen molar-refractivity contribution in [1.82, 2.24) is 19.1 Å². The van der Waals surface area contributed by atoms with Crippen LogP contribution in [0.5, 0.6) is 0 Å². The normalized spacial score (nSPS) is 11.4. The van der Waals surface area contributed by atoms with Gasteiger partial charge in [-0.15, -0.1) is 11.3 Å². The van der Waals surface area contributed by atoms with Crippen LogP contribution < -0.4 is 5.56 Å². The van der Waals surface area contributed by atoms with Gasteiger partial charge in [0.1, 0.15) is 4.83 Å². The van der Waals surface area contributed by atoms with E-state index in [-0.39, 0.29) is 5.56 Å². The summed E-state index contributed by atoms with van der Waals surface area (Å²) in [4.78, 5) is 22.0. The van der Waals surface area contributed by atoms with E-state index >= 15 is 0 Å². The molecular weight excluding hydrogens is 316 g/mol. The van der Waals surface area contributed by atoms with Gasteiger partial charge in [0, 0.05) is 29.9 Å². The van der Waals surface area contributed by atoms with Crippen LogP contribution in [0.3, 0.4) is 0 Å². The highest BCUT2D eigenvalue weighted by Gasteiger charge is 2.09. The molecule has 7 heteroatoms. The standard InChI is InChI=1S/C15H18N4OS2/c1-3-11-7-12-13(22-11)17-15(21)19(14(12)20)6-4-5-18-9-16-8-10(18)2/h7-9H,3-6H2,1-2H3,(H,17,21). The van der Waals surface area contributed by atoms with E-state index in [0.29, 0.717) is 11.3 Å². The third kappa shape index (κ3) is 2.78. The maximum atomic E-state index is 12.6. The zero-order valence-corrected chi connectivity index (χ0v) is 14.3. The van der Waals surface area contributed by atoms with Crippen molar-refractivity contribution in [3.8, 4) is 0 Å². The number of nitrogens with one attached hydrogen (secondary N) is 1. The molecule has 0 atom stereocenters. The molecule has 0 saturated carbocycles. The van der Waals surface area contributed by atoms with Gasteiger partial charge in [0.15, 0.2) is 4.77 Å². The number of nitrogens with zero attached hydrogens (tertiary/aromatic N) is 3. The molecule has 3 aromatic rings. The van der Waals surface area contributed by atoms with Crippen LogP contribution >= 0.6 is 23.6 Å². The second kappa shape index (κ2) is 6.18. The van der Waals surface area contributed by atoms with Crippen molar-refractivity contribution < 1.29 is 0 Å². The van der Waals surface area contributed by atoms with Crippen molar-refractivity contribution >= 4 is 33.8 Å². The van der Waals surface area contributed by atoms with E-state index in [9.17, 15) is 4.79 Å². The smallest absolute Gasteiger partial charge is 0.263 e. The summed E-state index contributed by atoms with van der Waals surface area (Å²) in [5, 5.41) is 0.745. The van der Waals surface area contributed by atoms with E-state index in [0.717, 1.165) is 35.3 Å². The molecule has 0 saturated heterocycles. The monoisotopic (exact) mass is 334 g/mol. The van der Waals surface area contributed by atoms with Gasteiger partial charge in [0.2, 0.25) is 0 Å². The maximum absolute atomic E-state index is 12.6. The summed E-state index contributed by atoms with van der Waals surface area (Å²) in [5.41, 5.74) is 1.13. The van der Waals surface area contributed by atoms with Crippen LogP contribution in [-0.2, 0) is 19.5 Å². The molecule has 0 unspecified atom stereocenters. The van der Waals surface area contributed by atoms with Gasteiger partial charge in [-0.3, -0.25) is 9.36 Å². The molecule has 22 heavy (non-hydrogen) atoms. The van der Waals surface area contributed by atoms with Crippen molar-refractivity contribution in [3.05, 3.63) is 44.3 Å². The van der Waals surface area contributed by atoms with Crippen LogP contribution in [0.25, 0.3) is 10.2 Å². The zero-order valence-electron chi connectivity index (χ0n) is 12.6. The Morgan fingerprint density at radius 1 is 1.41 bits per heavy atom. The predicted molar refractivity (Wildman–Crippen MR) is 92.2 cm³/mol. The zero-order chi connectivity index (χ0) is 15.7. The Morgan fingerprint density at radius 2 is 2.23 bits per heavy atom. The molecule has 0 aliphatic heterocycles. The average Bonchev–Trinajstić information content (AvgIpc) is 3.09. The lowest BCUT2D eigenvalue weighted by Crippen LogP contribution is -2.22. The third-order valence-electron chi connectivity index (χ3n) is 3.77. The molecule has 3 rings (SSSR count). The van der Waals surface area contributed by atoms with Crippen LogP contribution in [0.2, 0.25) is 0 Å². The van der Waals surface area contributed by atoms with Gasteiger partial charge < -0.3 is 9.55 Å². The lowest BCUT2D eigenvalue weighted by molar-refractivity contribution is 0.540. The van der Waals surface area contributed by atoms with E-state index in [2.05, 4.69) is 21.5 Å². The maximum Gasteiger partial charge on any atom is 0.263 e. The Balaban J connectivity index is 1.85. The average molecular weight is 334 g/mol. The second-order valence-corrected chi connectivity index (χ2v) is 6.80. The number of imidazole rings is 1. The number of aryl methyl sites for hydroxylation is 3. The summed E-state index contributed by atoms with van der Waals surface area (Å²) < 4.78 is 4.25. The van der Waals surface area contributed by atoms with Gasteiger partial charge in [-0.05, 0) is 38.0 Å². The van der Waals surface area contributed by atoms with Gasteiger partial charge in [-0.1, -0.05) is 6.92 Å². The van der Waals surface area contributed by atoms with E-state index in [1.165, 1.54) is 4.88 Å². The third-order valence-corrected chi connectivity index (χ3v) is 5.29. The number of H-pyrrole nitrogens is 1. The second-order valence-electron chi connectivity index (χ2n) is 5.28. The highest BCUT2D eigenvalue weighted by molar-refractivity contribution is 7.71. The van der Waals surface area contributed by atoms with Crippen LogP contribution in [0, 0.1) is 11.7 Å². The first-order valence-electron chi connectivity index (χ1n) is 7.32. The number of rotatable bonds is 5. The van der Waals surface area contributed by atoms with Gasteiger partial charge >= 0.3 is 0 Å². The highest BCUT2D eigenvalue weighted by atomic mass is 32.1. The minimum atomic E-state index is 0.0112. The topological polar surface area (TPSA) is 55.6 Å². The molecule has 3 aromatic heterocycles. The summed E-state index contributed by atoms with van der Waals surface area (Å²) in [6, 6.07) is 1.98. The first-order valence-corrected chi connectivity index (χ1v) is 8.55. The Hall–Kier alpha value is -1.73. The first-order chi connectivity index (χ1) is 10.6. The van der Waals surface area contributed by atoms with E-state index < -0.39 is 0 Å². The summed E-state index contributed by atoms with van der Waals surface area (Å²) in [5.74, 6) is 0. The summed E-state index contributed by atoms with van der Waals surface area (Å²) in [6.45, 7) is 5.55. The molecule has 0 fully saturated rings. The van der Waals surface area contributed by atoms with Crippen LogP contribution in [0.4, 0.5) is 0 Å². The van der Waals surface area contributed by atoms with Crippen molar-refractivity contribution in [2.75, 3.05) is 0 Å². The number of fused-ring (bicyclic) bond motifs is 1. The quantitative estimate of drug-likeness (QED) is 0.729. The fourth-order valence-electron chi connectivity index (χ4n) is 2.49. The van der Waals surface area contributed by atoms with E-state index in [1.54, 1.807) is 15.9 Å². The summed E-state index contributed by atoms with van der Waals surface area (Å²) >= 11 is 6.96. The number of hydrogen-bond donors (Lipinski definition) is 1. The molecule has 5 nitrogen and oxygen atoms in total. The van der Waals surface area contributed by atoms with E-state index in [1.807, 2.05) is 25.5 Å². The molecule has 3 heterocycles. The molecule has 116 valence electrons. The van der Waals surface area contributed by atoms with E-state index in [4.69, 9.17) is 12.2 Å². The minimum absolute atomic E-state index is 0.0112. The van der Waals surface area contributed by atoms with Crippen LogP contribution in [0.15, 0.2) is 23.4 Å². The number of hydrogen-bond acceptors (Lipinski definition) is 4. The summed E-state index contributed by atoms with van der Waals surface area (Å²) in [7, 11) is 0. The largest absolute Gasteiger partial charge is 0.335 e. The van der Waals surface area contributed by atoms with Gasteiger partial charge in [0.25, 0.3) is 5.56 Å². The molecule has 0 aliphatic carbocycles. The Bertz CT molecular complexity index is 916. The molecule has 0 spiro atoms. The highest BCUT2D eigenvalue weighted by Crippen LogP contribution is 2.21. The van der Waals surface area contributed by atoms with Gasteiger partial charge in [-0.25, -0.2) is 4.98 Å². The molecular formula is C15H18N4OS2. The molecule has 0 radical (unpaired) electrons. The lowest BCUT2D eigenvalue weighted by atomic mass is 10.3.